The van der Waals surface area contributed by atoms with Crippen molar-refractivity contribution in [3.63, 3.8) is 0 Å². The highest BCUT2D eigenvalue weighted by atomic mass is 16.5. The molecule has 2 rings (SSSR count). The summed E-state index contributed by atoms with van der Waals surface area (Å²) in [5.74, 6) is 1.12. The molecule has 0 unspecified atom stereocenters. The Labute approximate surface area is 141 Å². The summed E-state index contributed by atoms with van der Waals surface area (Å²) in [7, 11) is 4.47. The quantitative estimate of drug-likeness (QED) is 0.887. The lowest BCUT2D eigenvalue weighted by molar-refractivity contribution is -0.125. The Morgan fingerprint density at radius 2 is 2.00 bits per heavy atom. The van der Waals surface area contributed by atoms with E-state index in [4.69, 9.17) is 9.47 Å². The van der Waals surface area contributed by atoms with Gasteiger partial charge in [0, 0.05) is 11.6 Å². The van der Waals surface area contributed by atoms with Gasteiger partial charge in [-0.15, -0.1) is 0 Å². The van der Waals surface area contributed by atoms with Gasteiger partial charge in [0.25, 0.3) is 0 Å². The summed E-state index contributed by atoms with van der Waals surface area (Å²) in [4.78, 5) is 25.6. The summed E-state index contributed by atoms with van der Waals surface area (Å²) in [5, 5.41) is 2.23. The number of benzene rings is 1. The first kappa shape index (κ1) is 18.1. The van der Waals surface area contributed by atoms with Gasteiger partial charge >= 0.3 is 6.09 Å². The molecule has 1 aliphatic heterocycles. The van der Waals surface area contributed by atoms with Crippen LogP contribution < -0.4 is 14.8 Å². The molecule has 7 heteroatoms. The summed E-state index contributed by atoms with van der Waals surface area (Å²) >= 11 is 0. The molecule has 0 saturated carbocycles. The first-order chi connectivity index (χ1) is 11.5. The number of ether oxygens (including phenoxy) is 3. The molecular weight excluding hydrogens is 312 g/mol. The Bertz CT molecular complexity index is 605. The maximum Gasteiger partial charge on any atom is 0.413 e. The van der Waals surface area contributed by atoms with Gasteiger partial charge in [0.2, 0.25) is 5.91 Å². The fourth-order valence-electron chi connectivity index (χ4n) is 3.09. The van der Waals surface area contributed by atoms with E-state index in [0.29, 0.717) is 0 Å². The molecule has 1 aromatic carbocycles. The van der Waals surface area contributed by atoms with E-state index >= 15 is 0 Å². The van der Waals surface area contributed by atoms with Gasteiger partial charge < -0.3 is 14.2 Å². The first-order valence-corrected chi connectivity index (χ1v) is 7.88. The largest absolute Gasteiger partial charge is 0.497 e. The third-order valence-electron chi connectivity index (χ3n) is 4.38. The molecule has 1 N–H and O–H groups in total. The van der Waals surface area contributed by atoms with Crippen molar-refractivity contribution < 1.29 is 23.8 Å². The van der Waals surface area contributed by atoms with Crippen LogP contribution in [0.1, 0.15) is 31.4 Å². The number of nitrogens with one attached hydrogen (secondary N) is 1. The summed E-state index contributed by atoms with van der Waals surface area (Å²) < 4.78 is 15.3. The molecule has 1 aromatic rings. The number of amides is 2. The van der Waals surface area contributed by atoms with Gasteiger partial charge in [0.05, 0.1) is 27.4 Å². The van der Waals surface area contributed by atoms with Crippen molar-refractivity contribution in [1.82, 2.24) is 10.2 Å². The molecule has 1 saturated heterocycles. The van der Waals surface area contributed by atoms with Crippen molar-refractivity contribution in [2.75, 3.05) is 27.9 Å². The lowest BCUT2D eigenvalue weighted by atomic mass is 10.0. The van der Waals surface area contributed by atoms with E-state index in [1.54, 1.807) is 21.1 Å². The van der Waals surface area contributed by atoms with Crippen LogP contribution in [0.2, 0.25) is 0 Å². The SMILES string of the molecule is COC(=O)NC(=O)[C@@H](C)N1CCC[C@@H]1c1cc(OC)ccc1OC. The molecule has 24 heavy (non-hydrogen) atoms. The number of carbonyl (C=O) groups excluding carboxylic acids is 2. The van der Waals surface area contributed by atoms with Crippen LogP contribution in [0.25, 0.3) is 0 Å². The van der Waals surface area contributed by atoms with Gasteiger partial charge in [-0.3, -0.25) is 15.0 Å². The van der Waals surface area contributed by atoms with Crippen molar-refractivity contribution in [2.24, 2.45) is 0 Å². The second-order valence-electron chi connectivity index (χ2n) is 5.66. The fraction of sp³-hybridized carbons (Fsp3) is 0.529. The van der Waals surface area contributed by atoms with Crippen LogP contribution in [0.5, 0.6) is 11.5 Å². The number of rotatable bonds is 5. The lowest BCUT2D eigenvalue weighted by Crippen LogP contribution is -2.46. The molecule has 1 aliphatic rings. The van der Waals surface area contributed by atoms with E-state index in [-0.39, 0.29) is 11.9 Å². The minimum Gasteiger partial charge on any atom is -0.497 e. The maximum absolute atomic E-state index is 12.2. The highest BCUT2D eigenvalue weighted by Gasteiger charge is 2.35. The molecule has 132 valence electrons. The highest BCUT2D eigenvalue weighted by Crippen LogP contribution is 2.39. The van der Waals surface area contributed by atoms with Gasteiger partial charge in [-0.2, -0.15) is 0 Å². The van der Waals surface area contributed by atoms with Crippen LogP contribution in [-0.4, -0.2) is 50.8 Å². The van der Waals surface area contributed by atoms with Gasteiger partial charge in [-0.1, -0.05) is 0 Å². The number of hydrogen-bond donors (Lipinski definition) is 1. The van der Waals surface area contributed by atoms with Gasteiger partial charge in [0.1, 0.15) is 11.5 Å². The number of nitrogens with zero attached hydrogens (tertiary/aromatic N) is 1. The van der Waals surface area contributed by atoms with Crippen LogP contribution in [0.15, 0.2) is 18.2 Å². The molecule has 0 spiro atoms. The number of carbonyl (C=O) groups is 2. The normalized spacial score (nSPS) is 18.8. The number of hydrogen-bond acceptors (Lipinski definition) is 6. The monoisotopic (exact) mass is 336 g/mol. The second kappa shape index (κ2) is 8.01. The molecule has 2 amide bonds. The topological polar surface area (TPSA) is 77.1 Å². The van der Waals surface area contributed by atoms with Gasteiger partial charge in [-0.05, 0) is 44.5 Å². The summed E-state index contributed by atoms with van der Waals surface area (Å²) in [6.45, 7) is 2.55. The predicted molar refractivity (Wildman–Crippen MR) is 88.2 cm³/mol. The number of likely N-dealkylation sites (tertiary alicyclic amines) is 1. The molecule has 0 bridgehead atoms. The van der Waals surface area contributed by atoms with E-state index in [9.17, 15) is 9.59 Å². The smallest absolute Gasteiger partial charge is 0.413 e. The zero-order chi connectivity index (χ0) is 17.7. The van der Waals surface area contributed by atoms with Crippen molar-refractivity contribution in [2.45, 2.75) is 31.8 Å². The Morgan fingerprint density at radius 1 is 1.25 bits per heavy atom. The van der Waals surface area contributed by atoms with Crippen molar-refractivity contribution in [3.05, 3.63) is 23.8 Å². The second-order valence-corrected chi connectivity index (χ2v) is 5.66. The lowest BCUT2D eigenvalue weighted by Gasteiger charge is -2.30. The zero-order valence-electron chi connectivity index (χ0n) is 14.5. The molecule has 7 nitrogen and oxygen atoms in total. The van der Waals surface area contributed by atoms with Gasteiger partial charge in [0.15, 0.2) is 0 Å². The molecule has 0 aliphatic carbocycles. The average Bonchev–Trinajstić information content (AvgIpc) is 3.09. The molecule has 1 heterocycles. The standard InChI is InChI=1S/C17H24N2O5/c1-11(16(20)18-17(21)24-4)19-9-5-6-14(19)13-10-12(22-2)7-8-15(13)23-3/h7-8,10-11,14H,5-6,9H2,1-4H3,(H,18,20,21)/t11-,14-/m1/s1. The Balaban J connectivity index is 2.24. The van der Waals surface area contributed by atoms with E-state index in [0.717, 1.165) is 36.4 Å². The van der Waals surface area contributed by atoms with Crippen LogP contribution in [-0.2, 0) is 9.53 Å². The van der Waals surface area contributed by atoms with E-state index in [1.807, 2.05) is 18.2 Å². The summed E-state index contributed by atoms with van der Waals surface area (Å²) in [6.07, 6.45) is 1.11. The Hall–Kier alpha value is -2.28. The average molecular weight is 336 g/mol. The summed E-state index contributed by atoms with van der Waals surface area (Å²) in [5.41, 5.74) is 0.979. The molecule has 1 fully saturated rings. The van der Waals surface area contributed by atoms with Crippen molar-refractivity contribution in [1.29, 1.82) is 0 Å². The van der Waals surface area contributed by atoms with E-state index < -0.39 is 12.1 Å². The van der Waals surface area contributed by atoms with Crippen LogP contribution in [0.4, 0.5) is 4.79 Å². The van der Waals surface area contributed by atoms with Crippen LogP contribution >= 0.6 is 0 Å². The van der Waals surface area contributed by atoms with E-state index in [2.05, 4.69) is 15.0 Å². The zero-order valence-corrected chi connectivity index (χ0v) is 14.5. The third kappa shape index (κ3) is 3.79. The van der Waals surface area contributed by atoms with Crippen LogP contribution in [0, 0.1) is 0 Å². The summed E-state index contributed by atoms with van der Waals surface area (Å²) in [6, 6.07) is 5.20. The molecule has 2 atom stereocenters. The predicted octanol–water partition coefficient (Wildman–Crippen LogP) is 2.11. The van der Waals surface area contributed by atoms with E-state index in [1.165, 1.54) is 7.11 Å². The van der Waals surface area contributed by atoms with Crippen LogP contribution in [0.3, 0.4) is 0 Å². The van der Waals surface area contributed by atoms with Crippen molar-refractivity contribution in [3.8, 4) is 11.5 Å². The highest BCUT2D eigenvalue weighted by molar-refractivity contribution is 5.94. The van der Waals surface area contributed by atoms with Gasteiger partial charge in [-0.25, -0.2) is 4.79 Å². The third-order valence-corrected chi connectivity index (χ3v) is 4.38. The Kier molecular flexibility index (Phi) is 6.03. The minimum absolute atomic E-state index is 0.0217. The number of methoxy groups -OCH3 is 3. The van der Waals surface area contributed by atoms with Crippen molar-refractivity contribution >= 4 is 12.0 Å². The maximum atomic E-state index is 12.2. The number of alkyl carbamates (subject to hydrolysis) is 1. The molecular formula is C17H24N2O5. The number of imide groups is 1. The fourth-order valence-corrected chi connectivity index (χ4v) is 3.09. The minimum atomic E-state index is -0.749. The Morgan fingerprint density at radius 3 is 2.62 bits per heavy atom. The first-order valence-electron chi connectivity index (χ1n) is 7.88. The molecule has 0 radical (unpaired) electrons. The molecule has 0 aromatic heterocycles.